The number of aromatic nitrogens is 3. The zero-order valence-electron chi connectivity index (χ0n) is 33.6. The Labute approximate surface area is 340 Å². The number of fused-ring (bicyclic) bond motifs is 9. The maximum Gasteiger partial charge on any atom is 0.213 e. The number of para-hydroxylation sites is 4. The summed E-state index contributed by atoms with van der Waals surface area (Å²) < 4.78 is 7.45. The fourth-order valence-electron chi connectivity index (χ4n) is 10.5. The van der Waals surface area contributed by atoms with Crippen LogP contribution >= 0.6 is 0 Å². The molecule has 0 radical (unpaired) electrons. The molecule has 0 saturated carbocycles. The van der Waals surface area contributed by atoms with E-state index in [4.69, 9.17) is 0 Å². The first-order valence-electron chi connectivity index (χ1n) is 20.8. The van der Waals surface area contributed by atoms with Crippen molar-refractivity contribution in [2.45, 2.75) is 51.5 Å². The molecule has 280 valence electrons. The van der Waals surface area contributed by atoms with Crippen LogP contribution in [0.1, 0.15) is 46.1 Å². The molecule has 0 bridgehead atoms. The third kappa shape index (κ3) is 4.83. The van der Waals surface area contributed by atoms with Crippen molar-refractivity contribution in [2.75, 3.05) is 0 Å². The fourth-order valence-corrected chi connectivity index (χ4v) is 10.5. The number of pyridine rings is 1. The van der Waals surface area contributed by atoms with Crippen LogP contribution in [-0.2, 0) is 11.0 Å². The van der Waals surface area contributed by atoms with Crippen LogP contribution in [0.4, 0.5) is 0 Å². The third-order valence-electron chi connectivity index (χ3n) is 14.0. The molecule has 0 spiro atoms. The number of hydrogen-bond acceptors (Lipinski definition) is 0. The molecule has 58 heavy (non-hydrogen) atoms. The molecular formula is C55H46N3+. The first kappa shape index (κ1) is 34.5. The number of nitrogens with zero attached hydrogens (tertiary/aromatic N) is 3. The lowest BCUT2D eigenvalue weighted by Crippen LogP contribution is -2.67. The predicted octanol–water partition coefficient (Wildman–Crippen LogP) is 14.0. The summed E-state index contributed by atoms with van der Waals surface area (Å²) in [6.07, 6.45) is 4.42. The van der Waals surface area contributed by atoms with Crippen molar-refractivity contribution >= 4 is 43.6 Å². The SMILES string of the molecule is CCC1(C)c2ccc(-c3cccc(-c4cc(-n5c6ccccc6c6ccccc65)cc(-n5c6ccccc6c6ccccc65)c4)c3)cc2-c2cccc[n+]2C1(C)CC. The molecule has 2 unspecified atom stereocenters. The maximum atomic E-state index is 2.55. The smallest absolute Gasteiger partial charge is 0.213 e. The summed E-state index contributed by atoms with van der Waals surface area (Å²) in [5.74, 6) is 0. The predicted molar refractivity (Wildman–Crippen MR) is 243 cm³/mol. The number of rotatable bonds is 6. The minimum absolute atomic E-state index is 0.00700. The molecule has 3 heteroatoms. The Morgan fingerprint density at radius 1 is 0.431 bits per heavy atom. The van der Waals surface area contributed by atoms with Gasteiger partial charge in [-0.1, -0.05) is 117 Å². The second-order valence-electron chi connectivity index (χ2n) is 16.6. The van der Waals surface area contributed by atoms with E-state index in [-0.39, 0.29) is 11.0 Å². The molecule has 0 amide bonds. The van der Waals surface area contributed by atoms with Gasteiger partial charge in [-0.2, -0.15) is 4.57 Å². The summed E-state index contributed by atoms with van der Waals surface area (Å²) >= 11 is 0. The molecule has 11 rings (SSSR count). The molecule has 0 fully saturated rings. The van der Waals surface area contributed by atoms with Gasteiger partial charge in [-0.25, -0.2) is 0 Å². The Kier molecular flexibility index (Phi) is 7.69. The van der Waals surface area contributed by atoms with Gasteiger partial charge in [0.1, 0.15) is 0 Å². The van der Waals surface area contributed by atoms with Crippen LogP contribution in [0.25, 0.3) is 88.5 Å². The van der Waals surface area contributed by atoms with Gasteiger partial charge in [0.15, 0.2) is 11.7 Å². The highest BCUT2D eigenvalue weighted by Gasteiger charge is 2.56. The quantitative estimate of drug-likeness (QED) is 0.150. The summed E-state index contributed by atoms with van der Waals surface area (Å²) in [6.45, 7) is 9.61. The average molecular weight is 749 g/mol. The van der Waals surface area contributed by atoms with Gasteiger partial charge in [0, 0.05) is 58.4 Å². The van der Waals surface area contributed by atoms with Gasteiger partial charge < -0.3 is 9.13 Å². The van der Waals surface area contributed by atoms with Crippen LogP contribution in [0.5, 0.6) is 0 Å². The highest BCUT2D eigenvalue weighted by atomic mass is 15.1. The van der Waals surface area contributed by atoms with Gasteiger partial charge in [0.25, 0.3) is 0 Å². The molecule has 4 heterocycles. The summed E-state index contributed by atoms with van der Waals surface area (Å²) in [6, 6.07) is 65.4. The molecule has 7 aromatic carbocycles. The van der Waals surface area contributed by atoms with Gasteiger partial charge in [0.2, 0.25) is 5.69 Å². The zero-order valence-corrected chi connectivity index (χ0v) is 33.6. The van der Waals surface area contributed by atoms with Crippen molar-refractivity contribution in [1.82, 2.24) is 9.13 Å². The van der Waals surface area contributed by atoms with E-state index in [1.54, 1.807) is 0 Å². The first-order chi connectivity index (χ1) is 28.4. The molecule has 2 atom stereocenters. The van der Waals surface area contributed by atoms with Crippen LogP contribution in [0, 0.1) is 0 Å². The second-order valence-corrected chi connectivity index (χ2v) is 16.6. The molecule has 0 saturated heterocycles. The van der Waals surface area contributed by atoms with E-state index in [2.05, 4.69) is 224 Å². The van der Waals surface area contributed by atoms with Gasteiger partial charge >= 0.3 is 0 Å². The minimum Gasteiger partial charge on any atom is -0.309 e. The van der Waals surface area contributed by atoms with Crippen LogP contribution in [0.3, 0.4) is 0 Å². The molecule has 1 aliphatic rings. The monoisotopic (exact) mass is 748 g/mol. The normalized spacial score (nSPS) is 17.6. The van der Waals surface area contributed by atoms with E-state index >= 15 is 0 Å². The molecule has 1 aliphatic heterocycles. The van der Waals surface area contributed by atoms with Crippen molar-refractivity contribution < 1.29 is 4.57 Å². The Morgan fingerprint density at radius 2 is 0.914 bits per heavy atom. The van der Waals surface area contributed by atoms with E-state index in [9.17, 15) is 0 Å². The Balaban J connectivity index is 1.14. The fraction of sp³-hybridized carbons (Fsp3) is 0.145. The first-order valence-corrected chi connectivity index (χ1v) is 20.8. The lowest BCUT2D eigenvalue weighted by molar-refractivity contribution is -0.765. The van der Waals surface area contributed by atoms with Gasteiger partial charge in [-0.3, -0.25) is 0 Å². The van der Waals surface area contributed by atoms with Gasteiger partial charge in [-0.05, 0) is 102 Å². The van der Waals surface area contributed by atoms with Crippen molar-refractivity contribution in [3.63, 3.8) is 0 Å². The summed E-state index contributed by atoms with van der Waals surface area (Å²) in [4.78, 5) is 0. The Hall–Kier alpha value is -6.71. The lowest BCUT2D eigenvalue weighted by Gasteiger charge is -2.46. The largest absolute Gasteiger partial charge is 0.309 e. The maximum absolute atomic E-state index is 2.55. The number of hydrogen-bond donors (Lipinski definition) is 0. The van der Waals surface area contributed by atoms with E-state index in [0.29, 0.717) is 0 Å². The summed E-state index contributed by atoms with van der Waals surface area (Å²) in [5.41, 5.74) is 15.9. The molecule has 0 N–H and O–H groups in total. The van der Waals surface area contributed by atoms with Crippen LogP contribution < -0.4 is 4.57 Å². The Bertz CT molecular complexity index is 3010. The van der Waals surface area contributed by atoms with Crippen molar-refractivity contribution in [3.05, 3.63) is 188 Å². The standard InChI is InChI=1S/C55H46N3/c1-5-54(3)48-30-29-39(35-47(48)49-24-15-16-31-56(49)55(54,4)6-2)37-18-17-19-38(32-37)40-33-41(57-50-25-11-7-20-43(50)44-21-8-12-26-51(44)57)36-42(34-40)58-52-27-13-9-22-45(52)46-23-10-14-28-53(46)58/h7-36H,5-6H2,1-4H3/q+1. The Morgan fingerprint density at radius 3 is 1.43 bits per heavy atom. The number of benzene rings is 7. The van der Waals surface area contributed by atoms with Gasteiger partial charge in [-0.15, -0.1) is 0 Å². The van der Waals surface area contributed by atoms with E-state index in [1.165, 1.54) is 82.7 Å². The van der Waals surface area contributed by atoms with Crippen molar-refractivity contribution in [2.24, 2.45) is 0 Å². The van der Waals surface area contributed by atoms with Gasteiger partial charge in [0.05, 0.1) is 33.0 Å². The minimum atomic E-state index is -0.0256. The summed E-state index contributed by atoms with van der Waals surface area (Å²) in [7, 11) is 0. The van der Waals surface area contributed by atoms with Crippen LogP contribution in [0.15, 0.2) is 182 Å². The molecule has 3 nitrogen and oxygen atoms in total. The van der Waals surface area contributed by atoms with E-state index < -0.39 is 0 Å². The summed E-state index contributed by atoms with van der Waals surface area (Å²) in [5, 5.41) is 5.04. The highest BCUT2D eigenvalue weighted by Crippen LogP contribution is 2.50. The van der Waals surface area contributed by atoms with E-state index in [1.807, 2.05) is 0 Å². The topological polar surface area (TPSA) is 13.7 Å². The third-order valence-corrected chi connectivity index (χ3v) is 14.0. The molecule has 10 aromatic rings. The van der Waals surface area contributed by atoms with Crippen LogP contribution in [0.2, 0.25) is 0 Å². The lowest BCUT2D eigenvalue weighted by atomic mass is 9.60. The molecule has 0 aliphatic carbocycles. The molecule has 3 aromatic heterocycles. The van der Waals surface area contributed by atoms with Crippen LogP contribution in [-0.4, -0.2) is 9.13 Å². The molecular weight excluding hydrogens is 703 g/mol. The zero-order chi connectivity index (χ0) is 39.2. The van der Waals surface area contributed by atoms with Crippen molar-refractivity contribution in [1.29, 1.82) is 0 Å². The average Bonchev–Trinajstić information content (AvgIpc) is 3.81. The van der Waals surface area contributed by atoms with Crippen molar-refractivity contribution in [3.8, 4) is 44.9 Å². The highest BCUT2D eigenvalue weighted by molar-refractivity contribution is 6.10. The van der Waals surface area contributed by atoms with E-state index in [0.717, 1.165) is 24.2 Å². The second kappa shape index (κ2) is 12.9.